The predicted octanol–water partition coefficient (Wildman–Crippen LogP) is -3.95. The summed E-state index contributed by atoms with van der Waals surface area (Å²) in [6, 6.07) is -3.51. The van der Waals surface area contributed by atoms with Gasteiger partial charge in [0.15, 0.2) is 12.0 Å². The minimum absolute atomic E-state index is 0.0764. The molecule has 13 N–H and O–H groups in total. The molecule has 0 aliphatic heterocycles. The van der Waals surface area contributed by atoms with Crippen molar-refractivity contribution >= 4 is 29.7 Å². The van der Waals surface area contributed by atoms with Crippen molar-refractivity contribution in [3.8, 4) is 0 Å². The lowest BCUT2D eigenvalue weighted by Gasteiger charge is -2.23. The number of rotatable bonds is 16. The molecule has 0 radical (unpaired) electrons. The van der Waals surface area contributed by atoms with E-state index in [1.807, 2.05) is 0 Å². The minimum Gasteiger partial charge on any atom is -0.480 e. The van der Waals surface area contributed by atoms with E-state index in [4.69, 9.17) is 28.0 Å². The Bertz CT molecular complexity index is 653. The third-order valence-corrected chi connectivity index (χ3v) is 4.37. The number of aliphatic hydroxyl groups is 1. The van der Waals surface area contributed by atoms with Gasteiger partial charge < -0.3 is 49.1 Å². The molecule has 14 nitrogen and oxygen atoms in total. The number of nitrogens with zero attached hydrogens (tertiary/aromatic N) is 1. The molecule has 0 aromatic rings. The molecule has 0 rings (SSSR count). The number of carbonyl (C=O) groups is 4. The van der Waals surface area contributed by atoms with Crippen LogP contribution >= 0.6 is 0 Å². The first-order chi connectivity index (χ1) is 15.0. The van der Waals surface area contributed by atoms with E-state index in [0.29, 0.717) is 25.8 Å². The molecule has 0 heterocycles. The monoisotopic (exact) mass is 460 g/mol. The van der Waals surface area contributed by atoms with Crippen molar-refractivity contribution in [2.45, 2.75) is 63.3 Å². The van der Waals surface area contributed by atoms with Gasteiger partial charge in [-0.25, -0.2) is 4.79 Å². The average molecular weight is 461 g/mol. The summed E-state index contributed by atoms with van der Waals surface area (Å²) >= 11 is 0. The fourth-order valence-corrected chi connectivity index (χ4v) is 2.60. The number of carboxylic acid groups (broad SMARTS) is 1. The number of amides is 3. The van der Waals surface area contributed by atoms with E-state index < -0.39 is 54.5 Å². The summed E-state index contributed by atoms with van der Waals surface area (Å²) < 4.78 is 0. The highest BCUT2D eigenvalue weighted by atomic mass is 16.4. The zero-order valence-electron chi connectivity index (χ0n) is 18.3. The van der Waals surface area contributed by atoms with Crippen molar-refractivity contribution in [1.82, 2.24) is 16.0 Å². The van der Waals surface area contributed by atoms with Crippen molar-refractivity contribution in [3.05, 3.63) is 0 Å². The number of carbonyl (C=O) groups excluding carboxylic acids is 3. The number of carboxylic acids is 1. The Hall–Kier alpha value is -2.97. The summed E-state index contributed by atoms with van der Waals surface area (Å²) in [6.07, 6.45) is 0.810. The lowest BCUT2D eigenvalue weighted by molar-refractivity contribution is -0.145. The van der Waals surface area contributed by atoms with Gasteiger partial charge in [-0.05, 0) is 39.2 Å². The molecule has 4 atom stereocenters. The van der Waals surface area contributed by atoms with Crippen molar-refractivity contribution in [2.75, 3.05) is 19.6 Å². The quantitative estimate of drug-likeness (QED) is 0.0612. The van der Waals surface area contributed by atoms with Gasteiger partial charge in [0.1, 0.15) is 6.04 Å². The van der Waals surface area contributed by atoms with Gasteiger partial charge in [-0.1, -0.05) is 6.42 Å². The van der Waals surface area contributed by atoms with Gasteiger partial charge in [0.2, 0.25) is 17.7 Å². The van der Waals surface area contributed by atoms with E-state index >= 15 is 0 Å². The molecule has 0 saturated carbocycles. The van der Waals surface area contributed by atoms with Crippen LogP contribution in [0.3, 0.4) is 0 Å². The zero-order chi connectivity index (χ0) is 24.7. The van der Waals surface area contributed by atoms with E-state index in [1.54, 1.807) is 0 Å². The summed E-state index contributed by atoms with van der Waals surface area (Å²) in [5, 5.41) is 25.7. The van der Waals surface area contributed by atoms with Crippen LogP contribution in [0.15, 0.2) is 4.99 Å². The van der Waals surface area contributed by atoms with E-state index in [9.17, 15) is 24.3 Å². The third kappa shape index (κ3) is 12.7. The number of aliphatic imine (C=N–C) groups is 1. The Labute approximate surface area is 186 Å². The van der Waals surface area contributed by atoms with Crippen LogP contribution in [0, 0.1) is 0 Å². The molecule has 0 fully saturated rings. The molecule has 0 aromatic heterocycles. The summed E-state index contributed by atoms with van der Waals surface area (Å²) in [7, 11) is 0. The fraction of sp³-hybridized carbons (Fsp3) is 0.722. The highest BCUT2D eigenvalue weighted by Gasteiger charge is 2.29. The lowest BCUT2D eigenvalue weighted by atomic mass is 10.1. The van der Waals surface area contributed by atoms with Crippen LogP contribution in [0.1, 0.15) is 39.0 Å². The minimum atomic E-state index is -1.56. The molecule has 184 valence electrons. The molecular formula is C18H36N8O6. The van der Waals surface area contributed by atoms with Gasteiger partial charge in [0.05, 0.1) is 18.7 Å². The molecule has 0 aliphatic carbocycles. The number of guanidine groups is 1. The van der Waals surface area contributed by atoms with Gasteiger partial charge in [0, 0.05) is 6.54 Å². The third-order valence-electron chi connectivity index (χ3n) is 4.37. The van der Waals surface area contributed by atoms with Gasteiger partial charge in [-0.15, -0.1) is 0 Å². The van der Waals surface area contributed by atoms with Gasteiger partial charge >= 0.3 is 5.97 Å². The average Bonchev–Trinajstić information content (AvgIpc) is 2.71. The SMILES string of the molecule is CC(O)C(NC(=O)C(CCCN=C(N)N)NC(=O)CNC(=O)C(N)CCCCN)C(=O)O. The van der Waals surface area contributed by atoms with E-state index in [-0.39, 0.29) is 18.9 Å². The summed E-state index contributed by atoms with van der Waals surface area (Å²) in [5.74, 6) is -3.60. The topological polar surface area (TPSA) is 261 Å². The van der Waals surface area contributed by atoms with Crippen LogP contribution in [0.25, 0.3) is 0 Å². The second kappa shape index (κ2) is 15.8. The predicted molar refractivity (Wildman–Crippen MR) is 117 cm³/mol. The van der Waals surface area contributed by atoms with Crippen LogP contribution in [-0.4, -0.2) is 83.7 Å². The molecule has 3 amide bonds. The Morgan fingerprint density at radius 3 is 2.19 bits per heavy atom. The number of hydrogen-bond donors (Lipinski definition) is 9. The summed E-state index contributed by atoms with van der Waals surface area (Å²) in [5.41, 5.74) is 21.6. The van der Waals surface area contributed by atoms with Crippen LogP contribution in [0.4, 0.5) is 0 Å². The lowest BCUT2D eigenvalue weighted by Crippen LogP contribution is -2.56. The first-order valence-corrected chi connectivity index (χ1v) is 10.3. The van der Waals surface area contributed by atoms with E-state index in [1.165, 1.54) is 6.92 Å². The zero-order valence-corrected chi connectivity index (χ0v) is 18.3. The van der Waals surface area contributed by atoms with Crippen LogP contribution in [-0.2, 0) is 19.2 Å². The number of nitrogens with one attached hydrogen (secondary N) is 3. The van der Waals surface area contributed by atoms with E-state index in [0.717, 1.165) is 6.42 Å². The van der Waals surface area contributed by atoms with Crippen molar-refractivity contribution in [3.63, 3.8) is 0 Å². The molecule has 32 heavy (non-hydrogen) atoms. The number of aliphatic carboxylic acids is 1. The van der Waals surface area contributed by atoms with Crippen LogP contribution in [0.2, 0.25) is 0 Å². The first kappa shape index (κ1) is 29.0. The Kier molecular flexibility index (Phi) is 14.3. The Balaban J connectivity index is 4.93. The van der Waals surface area contributed by atoms with Gasteiger partial charge in [-0.3, -0.25) is 19.4 Å². The highest BCUT2D eigenvalue weighted by Crippen LogP contribution is 2.02. The van der Waals surface area contributed by atoms with Gasteiger partial charge in [-0.2, -0.15) is 0 Å². The number of aliphatic hydroxyl groups excluding tert-OH is 1. The first-order valence-electron chi connectivity index (χ1n) is 10.3. The van der Waals surface area contributed by atoms with E-state index in [2.05, 4.69) is 20.9 Å². The molecule has 4 unspecified atom stereocenters. The molecule has 0 saturated heterocycles. The summed E-state index contributed by atoms with van der Waals surface area (Å²) in [6.45, 7) is 1.44. The number of nitrogens with two attached hydrogens (primary N) is 4. The van der Waals surface area contributed by atoms with Crippen molar-refractivity contribution in [1.29, 1.82) is 0 Å². The molecule has 0 spiro atoms. The maximum atomic E-state index is 12.5. The van der Waals surface area contributed by atoms with Crippen LogP contribution < -0.4 is 38.9 Å². The second-order valence-electron chi connectivity index (χ2n) is 7.24. The maximum absolute atomic E-state index is 12.5. The summed E-state index contributed by atoms with van der Waals surface area (Å²) in [4.78, 5) is 51.7. The standard InChI is InChI=1S/C18H36N8O6/c1-10(27)14(17(31)32)26-16(30)12(6-4-8-23-18(21)22)25-13(28)9-24-15(29)11(20)5-2-3-7-19/h10-12,14,27H,2-9,19-20H2,1H3,(H,24,29)(H,25,28)(H,26,30)(H,31,32)(H4,21,22,23). The maximum Gasteiger partial charge on any atom is 0.328 e. The highest BCUT2D eigenvalue weighted by molar-refractivity contribution is 5.92. The normalized spacial score (nSPS) is 14.4. The van der Waals surface area contributed by atoms with Gasteiger partial charge in [0.25, 0.3) is 0 Å². The molecule has 0 aliphatic rings. The number of unbranched alkanes of at least 4 members (excludes halogenated alkanes) is 1. The Morgan fingerprint density at radius 2 is 1.66 bits per heavy atom. The molecule has 0 aromatic carbocycles. The largest absolute Gasteiger partial charge is 0.480 e. The Morgan fingerprint density at radius 1 is 1.00 bits per heavy atom. The second-order valence-corrected chi connectivity index (χ2v) is 7.24. The number of hydrogen-bond acceptors (Lipinski definition) is 8. The molecular weight excluding hydrogens is 424 g/mol. The molecule has 0 bridgehead atoms. The fourth-order valence-electron chi connectivity index (χ4n) is 2.60. The van der Waals surface area contributed by atoms with Crippen molar-refractivity contribution < 1.29 is 29.4 Å². The van der Waals surface area contributed by atoms with Crippen molar-refractivity contribution in [2.24, 2.45) is 27.9 Å². The smallest absolute Gasteiger partial charge is 0.328 e. The molecule has 14 heteroatoms. The van der Waals surface area contributed by atoms with Crippen LogP contribution in [0.5, 0.6) is 0 Å².